The third-order valence-electron chi connectivity index (χ3n) is 1.25. The highest BCUT2D eigenvalue weighted by Gasteiger charge is 1.79. The molecule has 0 nitrogen and oxygen atoms in total. The molecule has 12 heavy (non-hydrogen) atoms. The molecule has 0 N–H and O–H groups in total. The first-order chi connectivity index (χ1) is 5.93. The van der Waals surface area contributed by atoms with Gasteiger partial charge in [0.1, 0.15) is 0 Å². The molecule has 1 aromatic rings. The van der Waals surface area contributed by atoms with Crippen LogP contribution in [0.5, 0.6) is 0 Å². The standard InChI is InChI=1S/C9H11P.C2H6/c10-8-4-7-9-5-2-1-3-6-9;1-2/h1-7H,8,10H2;1-2H3. The van der Waals surface area contributed by atoms with Crippen LogP contribution >= 0.6 is 9.24 Å². The van der Waals surface area contributed by atoms with E-state index in [0.29, 0.717) is 0 Å². The second-order valence-corrected chi connectivity index (χ2v) is 2.52. The van der Waals surface area contributed by atoms with E-state index in [1.54, 1.807) is 0 Å². The van der Waals surface area contributed by atoms with Gasteiger partial charge in [0.2, 0.25) is 0 Å². The Hall–Kier alpha value is -0.610. The monoisotopic (exact) mass is 180 g/mol. The molecule has 0 saturated carbocycles. The van der Waals surface area contributed by atoms with Crippen LogP contribution in [0.3, 0.4) is 0 Å². The fourth-order valence-corrected chi connectivity index (χ4v) is 0.904. The molecule has 1 rings (SSSR count). The van der Waals surface area contributed by atoms with Gasteiger partial charge in [-0.15, -0.1) is 9.24 Å². The normalized spacial score (nSPS) is 9.25. The zero-order valence-electron chi connectivity index (χ0n) is 7.83. The van der Waals surface area contributed by atoms with Crippen LogP contribution in [0.1, 0.15) is 19.4 Å². The SMILES string of the molecule is CC.PCC=Cc1ccccc1. The minimum Gasteiger partial charge on any atom is -0.134 e. The first-order valence-corrected chi connectivity index (χ1v) is 5.17. The van der Waals surface area contributed by atoms with Gasteiger partial charge in [-0.2, -0.15) is 0 Å². The van der Waals surface area contributed by atoms with Crippen molar-refractivity contribution in [3.8, 4) is 0 Å². The van der Waals surface area contributed by atoms with Crippen LogP contribution in [0.25, 0.3) is 6.08 Å². The number of allylic oxidation sites excluding steroid dienone is 1. The minimum absolute atomic E-state index is 1.02. The molecule has 0 saturated heterocycles. The molecule has 1 unspecified atom stereocenters. The second-order valence-electron chi connectivity index (χ2n) is 2.05. The van der Waals surface area contributed by atoms with Crippen molar-refractivity contribution in [1.29, 1.82) is 0 Å². The van der Waals surface area contributed by atoms with Crippen LogP contribution in [0.4, 0.5) is 0 Å². The van der Waals surface area contributed by atoms with Gasteiger partial charge in [0, 0.05) is 0 Å². The lowest BCUT2D eigenvalue weighted by molar-refractivity contribution is 1.50. The van der Waals surface area contributed by atoms with E-state index in [1.165, 1.54) is 5.56 Å². The highest BCUT2D eigenvalue weighted by atomic mass is 31.0. The summed E-state index contributed by atoms with van der Waals surface area (Å²) in [5, 5.41) is 0. The van der Waals surface area contributed by atoms with Crippen LogP contribution in [0.2, 0.25) is 0 Å². The predicted octanol–water partition coefficient (Wildman–Crippen LogP) is 3.60. The van der Waals surface area contributed by atoms with Gasteiger partial charge in [-0.05, 0) is 11.7 Å². The summed E-state index contributed by atoms with van der Waals surface area (Å²) in [5.41, 5.74) is 1.27. The largest absolute Gasteiger partial charge is 0.134 e. The number of rotatable bonds is 2. The minimum atomic E-state index is 1.02. The van der Waals surface area contributed by atoms with Crippen molar-refractivity contribution >= 4 is 15.3 Å². The van der Waals surface area contributed by atoms with Crippen LogP contribution in [-0.4, -0.2) is 6.16 Å². The third kappa shape index (κ3) is 5.09. The Balaban J connectivity index is 0.000000561. The van der Waals surface area contributed by atoms with Gasteiger partial charge in [-0.3, -0.25) is 0 Å². The molecule has 0 aliphatic rings. The lowest BCUT2D eigenvalue weighted by atomic mass is 10.2. The number of benzene rings is 1. The molecule has 0 amide bonds. The Kier molecular flexibility index (Phi) is 8.05. The second kappa shape index (κ2) is 8.49. The van der Waals surface area contributed by atoms with E-state index in [0.717, 1.165) is 6.16 Å². The molecule has 0 fully saturated rings. The van der Waals surface area contributed by atoms with E-state index in [9.17, 15) is 0 Å². The van der Waals surface area contributed by atoms with Crippen LogP contribution in [-0.2, 0) is 0 Å². The summed E-state index contributed by atoms with van der Waals surface area (Å²) >= 11 is 0. The van der Waals surface area contributed by atoms with Crippen LogP contribution in [0, 0.1) is 0 Å². The van der Waals surface area contributed by atoms with E-state index in [4.69, 9.17) is 0 Å². The molecule has 0 bridgehead atoms. The molecule has 0 radical (unpaired) electrons. The molecule has 1 heteroatoms. The fourth-order valence-electron chi connectivity index (χ4n) is 0.768. The summed E-state index contributed by atoms with van der Waals surface area (Å²) in [6, 6.07) is 10.3. The molecular weight excluding hydrogens is 163 g/mol. The Labute approximate surface area is 77.9 Å². The van der Waals surface area contributed by atoms with E-state index < -0.39 is 0 Å². The first-order valence-electron chi connectivity index (χ1n) is 4.35. The van der Waals surface area contributed by atoms with Gasteiger partial charge in [0.25, 0.3) is 0 Å². The lowest BCUT2D eigenvalue weighted by Crippen LogP contribution is -1.67. The lowest BCUT2D eigenvalue weighted by Gasteiger charge is -1.88. The fraction of sp³-hybridized carbons (Fsp3) is 0.273. The van der Waals surface area contributed by atoms with E-state index in [-0.39, 0.29) is 0 Å². The summed E-state index contributed by atoms with van der Waals surface area (Å²) in [7, 11) is 2.66. The summed E-state index contributed by atoms with van der Waals surface area (Å²) < 4.78 is 0. The molecule has 0 aliphatic carbocycles. The summed E-state index contributed by atoms with van der Waals surface area (Å²) in [4.78, 5) is 0. The van der Waals surface area contributed by atoms with Crippen molar-refractivity contribution in [3.05, 3.63) is 42.0 Å². The van der Waals surface area contributed by atoms with Gasteiger partial charge in [0.05, 0.1) is 0 Å². The maximum Gasteiger partial charge on any atom is -0.0197 e. The molecule has 0 aromatic heterocycles. The number of hydrogen-bond acceptors (Lipinski definition) is 0. The predicted molar refractivity (Wildman–Crippen MR) is 61.4 cm³/mol. The van der Waals surface area contributed by atoms with Crippen LogP contribution in [0.15, 0.2) is 36.4 Å². The molecular formula is C11H17P. The van der Waals surface area contributed by atoms with E-state index >= 15 is 0 Å². The molecule has 0 spiro atoms. The van der Waals surface area contributed by atoms with Crippen molar-refractivity contribution in [1.82, 2.24) is 0 Å². The van der Waals surface area contributed by atoms with E-state index in [2.05, 4.69) is 33.5 Å². The summed E-state index contributed by atoms with van der Waals surface area (Å²) in [5.74, 6) is 0. The zero-order chi connectivity index (χ0) is 9.23. The highest BCUT2D eigenvalue weighted by Crippen LogP contribution is 2.00. The number of hydrogen-bond donors (Lipinski definition) is 0. The van der Waals surface area contributed by atoms with Crippen molar-refractivity contribution < 1.29 is 0 Å². The van der Waals surface area contributed by atoms with Gasteiger partial charge in [0.15, 0.2) is 0 Å². The van der Waals surface area contributed by atoms with E-state index in [1.807, 2.05) is 32.0 Å². The van der Waals surface area contributed by atoms with Gasteiger partial charge in [-0.25, -0.2) is 0 Å². The van der Waals surface area contributed by atoms with Gasteiger partial charge < -0.3 is 0 Å². The Bertz CT molecular complexity index is 202. The van der Waals surface area contributed by atoms with Gasteiger partial charge in [-0.1, -0.05) is 56.3 Å². The van der Waals surface area contributed by atoms with Crippen molar-refractivity contribution in [2.75, 3.05) is 6.16 Å². The highest BCUT2D eigenvalue weighted by molar-refractivity contribution is 7.16. The summed E-state index contributed by atoms with van der Waals surface area (Å²) in [6.07, 6.45) is 5.27. The van der Waals surface area contributed by atoms with Crippen molar-refractivity contribution in [2.45, 2.75) is 13.8 Å². The van der Waals surface area contributed by atoms with Crippen LogP contribution < -0.4 is 0 Å². The quantitative estimate of drug-likeness (QED) is 0.610. The van der Waals surface area contributed by atoms with Gasteiger partial charge >= 0.3 is 0 Å². The molecule has 1 aromatic carbocycles. The smallest absolute Gasteiger partial charge is 0.0197 e. The molecule has 66 valence electrons. The maximum absolute atomic E-state index is 2.66. The third-order valence-corrected chi connectivity index (χ3v) is 1.52. The average molecular weight is 180 g/mol. The molecule has 1 atom stereocenters. The van der Waals surface area contributed by atoms with Crippen molar-refractivity contribution in [3.63, 3.8) is 0 Å². The Morgan fingerprint density at radius 1 is 1.17 bits per heavy atom. The maximum atomic E-state index is 2.66. The Morgan fingerprint density at radius 3 is 2.25 bits per heavy atom. The molecule has 0 heterocycles. The topological polar surface area (TPSA) is 0 Å². The zero-order valence-corrected chi connectivity index (χ0v) is 8.98. The average Bonchev–Trinajstić information content (AvgIpc) is 2.19. The summed E-state index contributed by atoms with van der Waals surface area (Å²) in [6.45, 7) is 4.00. The first kappa shape index (κ1) is 11.4. The molecule has 0 aliphatic heterocycles. The Morgan fingerprint density at radius 2 is 1.75 bits per heavy atom. The van der Waals surface area contributed by atoms with Crippen molar-refractivity contribution in [2.24, 2.45) is 0 Å².